The number of benzene rings is 2. The Balaban J connectivity index is 2.26. The fraction of sp³-hybridized carbons (Fsp3) is 0.300. The summed E-state index contributed by atoms with van der Waals surface area (Å²) in [5.41, 5.74) is 11.1. The Bertz CT molecular complexity index is 782. The van der Waals surface area contributed by atoms with Gasteiger partial charge in [-0.15, -0.1) is 0 Å². The van der Waals surface area contributed by atoms with Gasteiger partial charge in [0.2, 0.25) is 0 Å². The van der Waals surface area contributed by atoms with E-state index in [4.69, 9.17) is 18.0 Å². The lowest BCUT2D eigenvalue weighted by atomic mass is 10.0. The molecule has 0 aliphatic heterocycles. The van der Waals surface area contributed by atoms with Crippen molar-refractivity contribution in [1.29, 1.82) is 0 Å². The molecule has 4 nitrogen and oxygen atoms in total. The van der Waals surface area contributed by atoms with Gasteiger partial charge in [0.25, 0.3) is 5.91 Å². The van der Waals surface area contributed by atoms with Crippen molar-refractivity contribution < 1.29 is 4.79 Å². The molecular weight excluding hydrogens is 330 g/mol. The molecule has 5 heteroatoms. The van der Waals surface area contributed by atoms with Gasteiger partial charge in [0, 0.05) is 16.9 Å². The van der Waals surface area contributed by atoms with E-state index in [1.807, 2.05) is 50.2 Å². The number of anilines is 2. The Morgan fingerprint density at radius 2 is 1.80 bits per heavy atom. The first-order chi connectivity index (χ1) is 11.8. The Labute approximate surface area is 154 Å². The molecule has 0 aromatic heterocycles. The Hall–Kier alpha value is -2.40. The van der Waals surface area contributed by atoms with Crippen LogP contribution in [0.15, 0.2) is 36.4 Å². The van der Waals surface area contributed by atoms with Crippen LogP contribution in [0.1, 0.15) is 53.7 Å². The summed E-state index contributed by atoms with van der Waals surface area (Å²) in [6.07, 6.45) is 0.787. The monoisotopic (exact) mass is 355 g/mol. The highest BCUT2D eigenvalue weighted by molar-refractivity contribution is 7.80. The van der Waals surface area contributed by atoms with Crippen LogP contribution < -0.4 is 16.4 Å². The number of nitrogens with two attached hydrogens (primary N) is 1. The van der Waals surface area contributed by atoms with Crippen LogP contribution in [-0.2, 0) is 6.42 Å². The zero-order valence-electron chi connectivity index (χ0n) is 15.1. The van der Waals surface area contributed by atoms with E-state index in [0.29, 0.717) is 11.5 Å². The lowest BCUT2D eigenvalue weighted by molar-refractivity contribution is 0.102. The minimum Gasteiger partial charge on any atom is -0.376 e. The molecule has 0 spiro atoms. The van der Waals surface area contributed by atoms with E-state index in [1.54, 1.807) is 0 Å². The lowest BCUT2D eigenvalue weighted by Crippen LogP contribution is -2.19. The number of amides is 1. The number of thiocarbonyl (C=S) groups is 1. The molecule has 0 saturated heterocycles. The van der Waals surface area contributed by atoms with Crippen LogP contribution in [0.3, 0.4) is 0 Å². The van der Waals surface area contributed by atoms with Gasteiger partial charge in [-0.3, -0.25) is 4.79 Å². The zero-order valence-corrected chi connectivity index (χ0v) is 16.0. The molecule has 2 aromatic rings. The average molecular weight is 356 g/mol. The minimum absolute atomic E-state index is 0.108. The summed E-state index contributed by atoms with van der Waals surface area (Å²) in [7, 11) is 0. The summed E-state index contributed by atoms with van der Waals surface area (Å²) >= 11 is 4.89. The number of carbonyl (C=O) groups is 1. The largest absolute Gasteiger partial charge is 0.376 e. The minimum atomic E-state index is -0.108. The van der Waals surface area contributed by atoms with Crippen LogP contribution in [0.5, 0.6) is 0 Å². The fourth-order valence-corrected chi connectivity index (χ4v) is 2.86. The van der Waals surface area contributed by atoms with E-state index in [1.165, 1.54) is 5.56 Å². The third kappa shape index (κ3) is 4.79. The second-order valence-electron chi connectivity index (χ2n) is 6.40. The van der Waals surface area contributed by atoms with E-state index < -0.39 is 0 Å². The molecule has 0 aliphatic rings. The van der Waals surface area contributed by atoms with Crippen LogP contribution >= 0.6 is 12.2 Å². The highest BCUT2D eigenvalue weighted by Crippen LogP contribution is 2.27. The second-order valence-corrected chi connectivity index (χ2v) is 6.84. The first kappa shape index (κ1) is 18.9. The molecule has 0 unspecified atom stereocenters. The molecule has 2 aromatic carbocycles. The highest BCUT2D eigenvalue weighted by Gasteiger charge is 2.13. The molecule has 0 heterocycles. The molecule has 132 valence electrons. The van der Waals surface area contributed by atoms with Gasteiger partial charge in [-0.2, -0.15) is 0 Å². The van der Waals surface area contributed by atoms with Gasteiger partial charge in [0.1, 0.15) is 0 Å². The Kier molecular flexibility index (Phi) is 6.15. The van der Waals surface area contributed by atoms with E-state index in [2.05, 4.69) is 24.5 Å². The van der Waals surface area contributed by atoms with Crippen molar-refractivity contribution in [2.75, 3.05) is 10.6 Å². The number of nitrogens with one attached hydrogen (secondary N) is 2. The third-order valence-corrected chi connectivity index (χ3v) is 4.25. The average Bonchev–Trinajstić information content (AvgIpc) is 2.56. The lowest BCUT2D eigenvalue weighted by Gasteiger charge is -2.16. The molecular formula is C20H25N3OS. The van der Waals surface area contributed by atoms with Crippen LogP contribution in [0.2, 0.25) is 0 Å². The van der Waals surface area contributed by atoms with E-state index in [-0.39, 0.29) is 11.0 Å². The third-order valence-electron chi connectivity index (χ3n) is 4.14. The molecule has 2 rings (SSSR count). The van der Waals surface area contributed by atoms with Crippen molar-refractivity contribution in [2.45, 2.75) is 40.0 Å². The summed E-state index contributed by atoms with van der Waals surface area (Å²) in [6.45, 7) is 8.27. The van der Waals surface area contributed by atoms with Crippen molar-refractivity contribution in [3.8, 4) is 0 Å². The molecule has 0 fully saturated rings. The van der Waals surface area contributed by atoms with Crippen molar-refractivity contribution in [3.63, 3.8) is 0 Å². The smallest absolute Gasteiger partial charge is 0.255 e. The number of hydrogen-bond donors (Lipinski definition) is 3. The summed E-state index contributed by atoms with van der Waals surface area (Å²) in [5.74, 6) is 0.336. The number of carbonyl (C=O) groups excluding carboxylic acids is 1. The molecule has 0 radical (unpaired) electrons. The van der Waals surface area contributed by atoms with Crippen molar-refractivity contribution >= 4 is 34.6 Å². The molecule has 0 atom stereocenters. The van der Waals surface area contributed by atoms with E-state index in [0.717, 1.165) is 28.9 Å². The molecule has 0 bridgehead atoms. The normalized spacial score (nSPS) is 10.6. The van der Waals surface area contributed by atoms with Crippen LogP contribution in [-0.4, -0.2) is 11.0 Å². The predicted octanol–water partition coefficient (Wildman–Crippen LogP) is 4.59. The van der Waals surface area contributed by atoms with Gasteiger partial charge in [0.15, 0.2) is 5.11 Å². The number of aryl methyl sites for hydroxylation is 2. The van der Waals surface area contributed by atoms with Gasteiger partial charge in [-0.1, -0.05) is 32.9 Å². The van der Waals surface area contributed by atoms with Crippen LogP contribution in [0, 0.1) is 6.92 Å². The summed E-state index contributed by atoms with van der Waals surface area (Å²) in [6, 6.07) is 11.6. The number of rotatable bonds is 5. The van der Waals surface area contributed by atoms with E-state index >= 15 is 0 Å². The maximum Gasteiger partial charge on any atom is 0.255 e. The SMILES string of the molecule is CCc1cc(NC(N)=S)cc(C)c1NC(=O)c1ccc(C(C)C)cc1. The van der Waals surface area contributed by atoms with Gasteiger partial charge in [0.05, 0.1) is 0 Å². The summed E-state index contributed by atoms with van der Waals surface area (Å²) in [5, 5.41) is 6.22. The topological polar surface area (TPSA) is 67.2 Å². The van der Waals surface area contributed by atoms with Gasteiger partial charge in [-0.05, 0) is 72.4 Å². The first-order valence-electron chi connectivity index (χ1n) is 8.43. The zero-order chi connectivity index (χ0) is 18.6. The molecule has 0 saturated carbocycles. The summed E-state index contributed by atoms with van der Waals surface area (Å²) < 4.78 is 0. The maximum atomic E-state index is 12.6. The second kappa shape index (κ2) is 8.12. The van der Waals surface area contributed by atoms with Crippen molar-refractivity contribution in [2.24, 2.45) is 5.73 Å². The van der Waals surface area contributed by atoms with E-state index in [9.17, 15) is 4.79 Å². The van der Waals surface area contributed by atoms with Crippen molar-refractivity contribution in [1.82, 2.24) is 0 Å². The van der Waals surface area contributed by atoms with Gasteiger partial charge >= 0.3 is 0 Å². The van der Waals surface area contributed by atoms with Crippen molar-refractivity contribution in [3.05, 3.63) is 58.7 Å². The Morgan fingerprint density at radius 1 is 1.16 bits per heavy atom. The number of hydrogen-bond acceptors (Lipinski definition) is 2. The van der Waals surface area contributed by atoms with Crippen LogP contribution in [0.25, 0.3) is 0 Å². The highest BCUT2D eigenvalue weighted by atomic mass is 32.1. The maximum absolute atomic E-state index is 12.6. The first-order valence-corrected chi connectivity index (χ1v) is 8.84. The quantitative estimate of drug-likeness (QED) is 0.686. The molecule has 0 aliphatic carbocycles. The fourth-order valence-electron chi connectivity index (χ4n) is 2.74. The molecule has 4 N–H and O–H groups in total. The standard InChI is InChI=1S/C20H25N3OS/c1-5-14-11-17(22-20(21)25)10-13(4)18(14)23-19(24)16-8-6-15(7-9-16)12(2)3/h6-12H,5H2,1-4H3,(H,23,24)(H3,21,22,25). The molecule has 1 amide bonds. The molecule has 25 heavy (non-hydrogen) atoms. The van der Waals surface area contributed by atoms with Gasteiger partial charge < -0.3 is 16.4 Å². The van der Waals surface area contributed by atoms with Gasteiger partial charge in [-0.25, -0.2) is 0 Å². The Morgan fingerprint density at radius 3 is 2.32 bits per heavy atom. The summed E-state index contributed by atoms with van der Waals surface area (Å²) in [4.78, 5) is 12.6. The predicted molar refractivity (Wildman–Crippen MR) is 109 cm³/mol. The van der Waals surface area contributed by atoms with Crippen LogP contribution in [0.4, 0.5) is 11.4 Å².